The molecule has 33 heavy (non-hydrogen) atoms. The van der Waals surface area contributed by atoms with Crippen LogP contribution in [0.25, 0.3) is 22.5 Å². The normalized spacial score (nSPS) is 12.2. The summed E-state index contributed by atoms with van der Waals surface area (Å²) in [6.45, 7) is 3.29. The number of nitrogens with zero attached hydrogens (tertiary/aromatic N) is 5. The lowest BCUT2D eigenvalue weighted by Gasteiger charge is -2.14. The average molecular weight is 477 g/mol. The number of halogens is 3. The SMILES string of the molecule is CCS(=O)(=O)c1ccc(-n2cncn2)cc1-n1ncc(-c2ccc(OC(F)(F)F)cc2)c1C. The van der Waals surface area contributed by atoms with Gasteiger partial charge in [0, 0.05) is 11.3 Å². The van der Waals surface area contributed by atoms with Gasteiger partial charge >= 0.3 is 6.36 Å². The van der Waals surface area contributed by atoms with Gasteiger partial charge in [-0.05, 0) is 42.8 Å². The summed E-state index contributed by atoms with van der Waals surface area (Å²) in [6.07, 6.45) is -0.406. The highest BCUT2D eigenvalue weighted by atomic mass is 32.2. The van der Waals surface area contributed by atoms with Crippen molar-refractivity contribution in [1.82, 2.24) is 24.5 Å². The minimum absolute atomic E-state index is 0.0977. The van der Waals surface area contributed by atoms with Gasteiger partial charge in [-0.15, -0.1) is 13.2 Å². The average Bonchev–Trinajstić information content (AvgIpc) is 3.43. The first kappa shape index (κ1) is 22.5. The maximum atomic E-state index is 12.8. The van der Waals surface area contributed by atoms with Gasteiger partial charge in [0.05, 0.1) is 28.2 Å². The monoisotopic (exact) mass is 477 g/mol. The summed E-state index contributed by atoms with van der Waals surface area (Å²) in [5.74, 6) is -0.440. The molecule has 0 fully saturated rings. The Morgan fingerprint density at radius 2 is 1.79 bits per heavy atom. The topological polar surface area (TPSA) is 91.9 Å². The number of aromatic nitrogens is 5. The summed E-state index contributed by atoms with van der Waals surface area (Å²) in [7, 11) is -3.59. The molecule has 0 unspecified atom stereocenters. The molecule has 0 spiro atoms. The quantitative estimate of drug-likeness (QED) is 0.415. The molecule has 0 saturated heterocycles. The van der Waals surface area contributed by atoms with Gasteiger partial charge in [0.2, 0.25) is 0 Å². The molecule has 0 atom stereocenters. The third-order valence-electron chi connectivity index (χ3n) is 4.98. The lowest BCUT2D eigenvalue weighted by molar-refractivity contribution is -0.274. The highest BCUT2D eigenvalue weighted by Crippen LogP contribution is 2.31. The van der Waals surface area contributed by atoms with Crippen LogP contribution in [0.2, 0.25) is 0 Å². The van der Waals surface area contributed by atoms with E-state index in [-0.39, 0.29) is 16.4 Å². The molecule has 0 saturated carbocycles. The van der Waals surface area contributed by atoms with Crippen LogP contribution in [-0.2, 0) is 9.84 Å². The van der Waals surface area contributed by atoms with Gasteiger partial charge in [-0.3, -0.25) is 0 Å². The van der Waals surface area contributed by atoms with Crippen LogP contribution in [0.4, 0.5) is 13.2 Å². The first-order chi connectivity index (χ1) is 15.6. The van der Waals surface area contributed by atoms with Gasteiger partial charge in [-0.25, -0.2) is 22.8 Å². The van der Waals surface area contributed by atoms with E-state index in [0.717, 1.165) is 0 Å². The number of sulfone groups is 1. The maximum absolute atomic E-state index is 12.8. The smallest absolute Gasteiger partial charge is 0.406 e. The van der Waals surface area contributed by atoms with Crippen molar-refractivity contribution in [2.75, 3.05) is 5.75 Å². The van der Waals surface area contributed by atoms with E-state index in [1.165, 1.54) is 58.5 Å². The van der Waals surface area contributed by atoms with Crippen molar-refractivity contribution in [3.05, 3.63) is 67.0 Å². The molecule has 0 radical (unpaired) electrons. The molecule has 0 aliphatic carbocycles. The van der Waals surface area contributed by atoms with Crippen molar-refractivity contribution in [1.29, 1.82) is 0 Å². The molecule has 172 valence electrons. The van der Waals surface area contributed by atoms with E-state index in [2.05, 4.69) is 19.9 Å². The molecule has 2 heterocycles. The number of rotatable bonds is 6. The fourth-order valence-electron chi connectivity index (χ4n) is 3.35. The summed E-state index contributed by atoms with van der Waals surface area (Å²) < 4.78 is 69.7. The van der Waals surface area contributed by atoms with Gasteiger partial charge in [-0.2, -0.15) is 10.2 Å². The summed E-state index contributed by atoms with van der Waals surface area (Å²) in [6, 6.07) is 10.1. The maximum Gasteiger partial charge on any atom is 0.573 e. The van der Waals surface area contributed by atoms with Crippen LogP contribution in [0.15, 0.2) is 66.2 Å². The second kappa shape index (κ2) is 8.35. The van der Waals surface area contributed by atoms with E-state index in [1.807, 2.05) is 0 Å². The highest BCUT2D eigenvalue weighted by molar-refractivity contribution is 7.91. The number of ether oxygens (including phenoxy) is 1. The summed E-state index contributed by atoms with van der Waals surface area (Å²) in [5, 5.41) is 8.45. The van der Waals surface area contributed by atoms with E-state index >= 15 is 0 Å². The minimum atomic E-state index is -4.78. The molecule has 0 N–H and O–H groups in total. The van der Waals surface area contributed by atoms with Gasteiger partial charge in [-0.1, -0.05) is 19.1 Å². The predicted molar refractivity (Wildman–Crippen MR) is 113 cm³/mol. The zero-order chi connectivity index (χ0) is 23.8. The van der Waals surface area contributed by atoms with Crippen molar-refractivity contribution in [3.8, 4) is 28.3 Å². The molecule has 0 bridgehead atoms. The molecule has 2 aromatic heterocycles. The van der Waals surface area contributed by atoms with Crippen molar-refractivity contribution in [2.45, 2.75) is 25.1 Å². The van der Waals surface area contributed by atoms with Crippen LogP contribution in [0.1, 0.15) is 12.6 Å². The van der Waals surface area contributed by atoms with Gasteiger partial charge < -0.3 is 4.74 Å². The molecule has 4 aromatic rings. The molecular formula is C21H18F3N5O3S. The molecule has 0 aliphatic rings. The largest absolute Gasteiger partial charge is 0.573 e. The fourth-order valence-corrected chi connectivity index (χ4v) is 4.40. The van der Waals surface area contributed by atoms with Gasteiger partial charge in [0.1, 0.15) is 18.4 Å². The Labute approximate surface area is 187 Å². The van der Waals surface area contributed by atoms with E-state index in [1.54, 1.807) is 26.0 Å². The number of alkyl halides is 3. The second-order valence-corrected chi connectivity index (χ2v) is 9.27. The van der Waals surface area contributed by atoms with Crippen molar-refractivity contribution in [3.63, 3.8) is 0 Å². The predicted octanol–water partition coefficient (Wildman–Crippen LogP) is 4.12. The van der Waals surface area contributed by atoms with Crippen LogP contribution in [0.5, 0.6) is 5.75 Å². The third-order valence-corrected chi connectivity index (χ3v) is 6.75. The Hall–Kier alpha value is -3.67. The first-order valence-electron chi connectivity index (χ1n) is 9.72. The van der Waals surface area contributed by atoms with Crippen LogP contribution in [0, 0.1) is 6.92 Å². The molecule has 2 aromatic carbocycles. The zero-order valence-electron chi connectivity index (χ0n) is 17.5. The molecule has 4 rings (SSSR count). The Kier molecular flexibility index (Phi) is 5.70. The molecular weight excluding hydrogens is 459 g/mol. The fraction of sp³-hybridized carbons (Fsp3) is 0.190. The van der Waals surface area contributed by atoms with E-state index in [0.29, 0.717) is 28.2 Å². The Morgan fingerprint density at radius 3 is 2.39 bits per heavy atom. The minimum Gasteiger partial charge on any atom is -0.406 e. The standard InChI is InChI=1S/C21H18F3N5O3S/c1-3-33(30,31)20-9-6-16(28-13-25-12-27-28)10-19(20)29-14(2)18(11-26-29)15-4-7-17(8-5-15)32-21(22,23)24/h4-13H,3H2,1-2H3. The van der Waals surface area contributed by atoms with Crippen LogP contribution in [-0.4, -0.2) is 45.1 Å². The second-order valence-electron chi connectivity index (χ2n) is 7.02. The highest BCUT2D eigenvalue weighted by Gasteiger charge is 2.31. The van der Waals surface area contributed by atoms with Crippen molar-refractivity contribution < 1.29 is 26.3 Å². The molecule has 8 nitrogen and oxygen atoms in total. The summed E-state index contributed by atoms with van der Waals surface area (Å²) in [5.41, 5.74) is 2.73. The Balaban J connectivity index is 1.79. The lowest BCUT2D eigenvalue weighted by Crippen LogP contribution is -2.16. The van der Waals surface area contributed by atoms with E-state index in [9.17, 15) is 21.6 Å². The number of benzene rings is 2. The Morgan fingerprint density at radius 1 is 1.06 bits per heavy atom. The lowest BCUT2D eigenvalue weighted by atomic mass is 10.1. The molecule has 0 amide bonds. The van der Waals surface area contributed by atoms with Gasteiger partial charge in [0.15, 0.2) is 9.84 Å². The first-order valence-corrected chi connectivity index (χ1v) is 11.4. The number of hydrogen-bond acceptors (Lipinski definition) is 6. The molecule has 12 heteroatoms. The molecule has 0 aliphatic heterocycles. The van der Waals surface area contributed by atoms with Crippen LogP contribution < -0.4 is 4.74 Å². The summed E-state index contributed by atoms with van der Waals surface area (Å²) >= 11 is 0. The van der Waals surface area contributed by atoms with Crippen LogP contribution in [0.3, 0.4) is 0 Å². The van der Waals surface area contributed by atoms with Crippen molar-refractivity contribution in [2.24, 2.45) is 0 Å². The Bertz CT molecular complexity index is 1380. The van der Waals surface area contributed by atoms with Gasteiger partial charge in [0.25, 0.3) is 0 Å². The third kappa shape index (κ3) is 4.60. The van der Waals surface area contributed by atoms with Crippen LogP contribution >= 0.6 is 0 Å². The van der Waals surface area contributed by atoms with E-state index in [4.69, 9.17) is 0 Å². The number of hydrogen-bond donors (Lipinski definition) is 0. The zero-order valence-corrected chi connectivity index (χ0v) is 18.3. The van der Waals surface area contributed by atoms with Crippen molar-refractivity contribution >= 4 is 9.84 Å². The van der Waals surface area contributed by atoms with E-state index < -0.39 is 16.2 Å². The summed E-state index contributed by atoms with van der Waals surface area (Å²) in [4.78, 5) is 4.01.